The van der Waals surface area contributed by atoms with Crippen LogP contribution >= 0.6 is 15.9 Å². The molecule has 2 aliphatic rings. The maximum atomic E-state index is 12.6. The number of amides is 2. The van der Waals surface area contributed by atoms with Gasteiger partial charge in [-0.3, -0.25) is 14.5 Å². The van der Waals surface area contributed by atoms with Crippen LogP contribution in [0.3, 0.4) is 0 Å². The van der Waals surface area contributed by atoms with Crippen molar-refractivity contribution < 1.29 is 9.59 Å². The Hall–Kier alpha value is -2.46. The van der Waals surface area contributed by atoms with Gasteiger partial charge in [0.25, 0.3) is 11.8 Å². The second-order valence-corrected chi connectivity index (χ2v) is 7.28. The van der Waals surface area contributed by atoms with Crippen LogP contribution in [0.1, 0.15) is 26.3 Å². The largest absolute Gasteiger partial charge is 0.274 e. The number of hydrogen-bond acceptors (Lipinski definition) is 2. The number of rotatable bonds is 3. The maximum absolute atomic E-state index is 12.6. The summed E-state index contributed by atoms with van der Waals surface area (Å²) in [7, 11) is 0. The molecular formula is C21H16BrNO2. The molecular weight excluding hydrogens is 378 g/mol. The van der Waals surface area contributed by atoms with Gasteiger partial charge in [-0.05, 0) is 23.3 Å². The summed E-state index contributed by atoms with van der Waals surface area (Å²) in [6.45, 7) is 0.364. The summed E-state index contributed by atoms with van der Waals surface area (Å²) in [4.78, 5) is 26.6. The smallest absolute Gasteiger partial charge is 0.261 e. The predicted molar refractivity (Wildman–Crippen MR) is 102 cm³/mol. The molecule has 0 saturated carbocycles. The molecule has 2 unspecified atom stereocenters. The van der Waals surface area contributed by atoms with Gasteiger partial charge in [0.2, 0.25) is 0 Å². The van der Waals surface area contributed by atoms with Crippen molar-refractivity contribution in [2.24, 2.45) is 5.92 Å². The maximum Gasteiger partial charge on any atom is 0.261 e. The first-order valence-corrected chi connectivity index (χ1v) is 9.11. The van der Waals surface area contributed by atoms with E-state index in [9.17, 15) is 9.59 Å². The number of halogens is 1. The summed E-state index contributed by atoms with van der Waals surface area (Å²) in [6, 6.07) is 17.1. The average Bonchev–Trinajstić information content (AvgIpc) is 2.89. The van der Waals surface area contributed by atoms with Crippen LogP contribution in [-0.4, -0.2) is 28.1 Å². The van der Waals surface area contributed by atoms with Crippen molar-refractivity contribution in [3.05, 3.63) is 89.5 Å². The van der Waals surface area contributed by atoms with Crippen LogP contribution < -0.4 is 0 Å². The third-order valence-electron chi connectivity index (χ3n) is 4.64. The molecule has 4 heteroatoms. The Bertz CT molecular complexity index is 866. The van der Waals surface area contributed by atoms with Crippen molar-refractivity contribution >= 4 is 33.3 Å². The number of fused-ring (bicyclic) bond motifs is 1. The first kappa shape index (κ1) is 16.0. The molecule has 1 heterocycles. The Balaban J connectivity index is 1.60. The zero-order chi connectivity index (χ0) is 17.4. The van der Waals surface area contributed by atoms with Crippen LogP contribution in [0.15, 0.2) is 72.8 Å². The van der Waals surface area contributed by atoms with Crippen LogP contribution in [0.2, 0.25) is 0 Å². The third kappa shape index (κ3) is 2.87. The van der Waals surface area contributed by atoms with E-state index < -0.39 is 0 Å². The molecule has 25 heavy (non-hydrogen) atoms. The van der Waals surface area contributed by atoms with Gasteiger partial charge < -0.3 is 0 Å². The van der Waals surface area contributed by atoms with Crippen LogP contribution in [0.5, 0.6) is 0 Å². The summed E-state index contributed by atoms with van der Waals surface area (Å²) in [5.74, 6) is -0.378. The Morgan fingerprint density at radius 1 is 0.880 bits per heavy atom. The monoisotopic (exact) mass is 393 g/mol. The molecule has 2 aromatic carbocycles. The van der Waals surface area contributed by atoms with E-state index in [1.165, 1.54) is 4.90 Å². The van der Waals surface area contributed by atoms with Crippen molar-refractivity contribution in [2.75, 3.05) is 6.54 Å². The molecule has 1 aliphatic carbocycles. The van der Waals surface area contributed by atoms with Crippen LogP contribution in [-0.2, 0) is 0 Å². The van der Waals surface area contributed by atoms with Gasteiger partial charge in [0.05, 0.1) is 11.1 Å². The number of allylic oxidation sites excluding steroid dienone is 3. The van der Waals surface area contributed by atoms with E-state index in [1.807, 2.05) is 18.2 Å². The molecule has 0 saturated heterocycles. The highest BCUT2D eigenvalue weighted by Gasteiger charge is 2.37. The fourth-order valence-electron chi connectivity index (χ4n) is 3.31. The van der Waals surface area contributed by atoms with Gasteiger partial charge in [-0.15, -0.1) is 0 Å². The van der Waals surface area contributed by atoms with Gasteiger partial charge in [0.15, 0.2) is 0 Å². The fraction of sp³-hybridized carbons (Fsp3) is 0.143. The highest BCUT2D eigenvalue weighted by atomic mass is 79.9. The molecule has 4 rings (SSSR count). The van der Waals surface area contributed by atoms with E-state index in [2.05, 4.69) is 46.3 Å². The predicted octanol–water partition coefficient (Wildman–Crippen LogP) is 4.32. The van der Waals surface area contributed by atoms with Crippen molar-refractivity contribution in [3.63, 3.8) is 0 Å². The van der Waals surface area contributed by atoms with E-state index >= 15 is 0 Å². The number of alkyl halides is 1. The number of hydrogen-bond donors (Lipinski definition) is 0. The van der Waals surface area contributed by atoms with Crippen molar-refractivity contribution in [1.29, 1.82) is 0 Å². The number of carbonyl (C=O) groups is 2. The number of nitrogens with zero attached hydrogens (tertiary/aromatic N) is 1. The van der Waals surface area contributed by atoms with Gasteiger partial charge in [-0.2, -0.15) is 0 Å². The van der Waals surface area contributed by atoms with Crippen LogP contribution in [0, 0.1) is 5.92 Å². The number of imide groups is 1. The van der Waals surface area contributed by atoms with Gasteiger partial charge >= 0.3 is 0 Å². The topological polar surface area (TPSA) is 37.4 Å². The molecule has 2 amide bonds. The molecule has 0 aromatic heterocycles. The third-order valence-corrected chi connectivity index (χ3v) is 5.63. The molecule has 124 valence electrons. The van der Waals surface area contributed by atoms with E-state index in [0.29, 0.717) is 17.7 Å². The van der Waals surface area contributed by atoms with E-state index in [0.717, 1.165) is 11.1 Å². The van der Waals surface area contributed by atoms with Crippen molar-refractivity contribution in [2.45, 2.75) is 4.83 Å². The van der Waals surface area contributed by atoms with Crippen LogP contribution in [0.4, 0.5) is 0 Å². The van der Waals surface area contributed by atoms with Gasteiger partial charge in [0, 0.05) is 17.3 Å². The zero-order valence-corrected chi connectivity index (χ0v) is 15.0. The molecule has 0 fully saturated rings. The molecule has 0 radical (unpaired) electrons. The highest BCUT2D eigenvalue weighted by Crippen LogP contribution is 2.31. The van der Waals surface area contributed by atoms with Crippen LogP contribution in [0.25, 0.3) is 5.57 Å². The minimum Gasteiger partial charge on any atom is -0.274 e. The minimum absolute atomic E-state index is 0.0300. The summed E-state index contributed by atoms with van der Waals surface area (Å²) in [6.07, 6.45) is 6.29. The van der Waals surface area contributed by atoms with E-state index in [1.54, 1.807) is 24.3 Å². The second kappa shape index (κ2) is 6.45. The summed E-state index contributed by atoms with van der Waals surface area (Å²) in [5.41, 5.74) is 3.23. The number of carbonyl (C=O) groups excluding carboxylic acids is 2. The summed E-state index contributed by atoms with van der Waals surface area (Å²) in [5, 5.41) is 0. The Morgan fingerprint density at radius 3 is 2.12 bits per heavy atom. The minimum atomic E-state index is -0.204. The van der Waals surface area contributed by atoms with Gasteiger partial charge in [-0.1, -0.05) is 76.6 Å². The average molecular weight is 394 g/mol. The molecule has 1 aliphatic heterocycles. The Morgan fingerprint density at radius 2 is 1.48 bits per heavy atom. The van der Waals surface area contributed by atoms with E-state index in [-0.39, 0.29) is 22.6 Å². The highest BCUT2D eigenvalue weighted by molar-refractivity contribution is 9.09. The molecule has 2 aromatic rings. The standard InChI is InChI=1S/C21H16BrNO2/c22-19-11-10-15(14-6-2-1-3-7-14)12-16(19)13-23-20(24)17-8-4-5-9-18(17)21(23)25/h1-12,16,19H,13H2. The lowest BCUT2D eigenvalue weighted by Gasteiger charge is -2.26. The van der Waals surface area contributed by atoms with Gasteiger partial charge in [-0.25, -0.2) is 0 Å². The zero-order valence-electron chi connectivity index (χ0n) is 13.4. The van der Waals surface area contributed by atoms with E-state index in [4.69, 9.17) is 0 Å². The SMILES string of the molecule is O=C1c2ccccc2C(=O)N1CC1C=C(c2ccccc2)C=CC1Br. The number of benzene rings is 2. The lowest BCUT2D eigenvalue weighted by Crippen LogP contribution is -2.37. The van der Waals surface area contributed by atoms with Crippen molar-refractivity contribution in [3.8, 4) is 0 Å². The molecule has 0 N–H and O–H groups in total. The molecule has 0 bridgehead atoms. The molecule has 0 spiro atoms. The first-order chi connectivity index (χ1) is 12.1. The lowest BCUT2D eigenvalue weighted by atomic mass is 9.92. The summed E-state index contributed by atoms with van der Waals surface area (Å²) >= 11 is 3.66. The van der Waals surface area contributed by atoms with Gasteiger partial charge in [0.1, 0.15) is 0 Å². The van der Waals surface area contributed by atoms with Crippen molar-refractivity contribution in [1.82, 2.24) is 4.90 Å². The fourth-order valence-corrected chi connectivity index (χ4v) is 3.78. The quantitative estimate of drug-likeness (QED) is 0.575. The summed E-state index contributed by atoms with van der Waals surface area (Å²) < 4.78 is 0. The second-order valence-electron chi connectivity index (χ2n) is 6.22. The Labute approximate surface area is 154 Å². The normalized spacial score (nSPS) is 22.1. The first-order valence-electron chi connectivity index (χ1n) is 8.20. The Kier molecular flexibility index (Phi) is 4.14. The lowest BCUT2D eigenvalue weighted by molar-refractivity contribution is 0.0640. The molecule has 3 nitrogen and oxygen atoms in total. The molecule has 2 atom stereocenters.